The van der Waals surface area contributed by atoms with E-state index in [4.69, 9.17) is 5.73 Å². The van der Waals surface area contributed by atoms with Gasteiger partial charge in [-0.05, 0) is 61.4 Å². The maximum atomic E-state index is 14.6. The predicted octanol–water partition coefficient (Wildman–Crippen LogP) is 3.75. The van der Waals surface area contributed by atoms with E-state index >= 15 is 0 Å². The van der Waals surface area contributed by atoms with Crippen molar-refractivity contribution in [3.05, 3.63) is 36.3 Å². The van der Waals surface area contributed by atoms with Gasteiger partial charge in [-0.1, -0.05) is 13.8 Å². The molecule has 0 radical (unpaired) electrons. The Morgan fingerprint density at radius 2 is 2.00 bits per heavy atom. The SMILES string of the molecule is CC(C)CC1(CN)CCN(c2ccc(F)c(-c3n[nH]c4ncccc34)n2)CC1. The Balaban J connectivity index is 1.60. The fourth-order valence-corrected chi connectivity index (χ4v) is 4.38. The number of nitrogens with one attached hydrogen (secondary N) is 1. The second kappa shape index (κ2) is 7.47. The van der Waals surface area contributed by atoms with Crippen LogP contribution in [0.1, 0.15) is 33.1 Å². The fourth-order valence-electron chi connectivity index (χ4n) is 4.38. The first kappa shape index (κ1) is 18.8. The minimum Gasteiger partial charge on any atom is -0.357 e. The van der Waals surface area contributed by atoms with Crippen LogP contribution in [0.5, 0.6) is 0 Å². The Morgan fingerprint density at radius 1 is 1.21 bits per heavy atom. The molecule has 0 saturated carbocycles. The summed E-state index contributed by atoms with van der Waals surface area (Å²) in [6.07, 6.45) is 4.89. The van der Waals surface area contributed by atoms with Crippen molar-refractivity contribution in [3.8, 4) is 11.4 Å². The molecule has 0 atom stereocenters. The lowest BCUT2D eigenvalue weighted by Crippen LogP contribution is -2.45. The number of anilines is 1. The first-order chi connectivity index (χ1) is 13.5. The average Bonchev–Trinajstić information content (AvgIpc) is 3.12. The molecule has 1 aliphatic rings. The van der Waals surface area contributed by atoms with Crippen LogP contribution in [0.25, 0.3) is 22.4 Å². The molecule has 3 aromatic heterocycles. The fraction of sp³-hybridized carbons (Fsp3) is 0.476. The second-order valence-electron chi connectivity index (χ2n) is 8.26. The zero-order valence-electron chi connectivity index (χ0n) is 16.5. The maximum absolute atomic E-state index is 14.6. The Labute approximate surface area is 164 Å². The topological polar surface area (TPSA) is 83.7 Å². The molecule has 4 rings (SSSR count). The molecule has 0 aliphatic carbocycles. The normalized spacial score (nSPS) is 16.8. The van der Waals surface area contributed by atoms with Crippen molar-refractivity contribution in [1.82, 2.24) is 20.2 Å². The van der Waals surface area contributed by atoms with E-state index < -0.39 is 0 Å². The smallest absolute Gasteiger partial charge is 0.155 e. The van der Waals surface area contributed by atoms with Crippen molar-refractivity contribution in [2.45, 2.75) is 33.1 Å². The number of nitrogens with zero attached hydrogens (tertiary/aromatic N) is 4. The Bertz CT molecular complexity index is 958. The molecular weight excluding hydrogens is 355 g/mol. The molecule has 1 aliphatic heterocycles. The van der Waals surface area contributed by atoms with Crippen LogP contribution >= 0.6 is 0 Å². The number of hydrogen-bond donors (Lipinski definition) is 2. The number of rotatable bonds is 5. The Kier molecular flexibility index (Phi) is 5.02. The third-order valence-electron chi connectivity index (χ3n) is 5.81. The summed E-state index contributed by atoms with van der Waals surface area (Å²) in [5, 5.41) is 7.88. The molecule has 0 aromatic carbocycles. The number of aromatic nitrogens is 4. The van der Waals surface area contributed by atoms with Crippen LogP contribution in [0.2, 0.25) is 0 Å². The number of pyridine rings is 2. The third-order valence-corrected chi connectivity index (χ3v) is 5.81. The highest BCUT2D eigenvalue weighted by atomic mass is 19.1. The quantitative estimate of drug-likeness (QED) is 0.702. The molecule has 1 saturated heterocycles. The lowest BCUT2D eigenvalue weighted by Gasteiger charge is -2.42. The summed E-state index contributed by atoms with van der Waals surface area (Å²) in [7, 11) is 0. The van der Waals surface area contributed by atoms with Crippen molar-refractivity contribution in [3.63, 3.8) is 0 Å². The molecule has 0 amide bonds. The van der Waals surface area contributed by atoms with Crippen LogP contribution in [0.4, 0.5) is 10.2 Å². The molecule has 6 nitrogen and oxygen atoms in total. The highest BCUT2D eigenvalue weighted by Gasteiger charge is 2.34. The summed E-state index contributed by atoms with van der Waals surface area (Å²) in [5.41, 5.74) is 7.72. The molecular formula is C21H27FN6. The van der Waals surface area contributed by atoms with E-state index in [-0.39, 0.29) is 16.9 Å². The molecule has 3 aromatic rings. The van der Waals surface area contributed by atoms with Gasteiger partial charge in [0.05, 0.1) is 0 Å². The summed E-state index contributed by atoms with van der Waals surface area (Å²) in [5.74, 6) is 1.04. The van der Waals surface area contributed by atoms with E-state index in [9.17, 15) is 4.39 Å². The van der Waals surface area contributed by atoms with Gasteiger partial charge in [-0.2, -0.15) is 5.10 Å². The number of nitrogens with two attached hydrogens (primary N) is 1. The molecule has 0 bridgehead atoms. The number of halogens is 1. The van der Waals surface area contributed by atoms with Crippen LogP contribution in [0, 0.1) is 17.2 Å². The summed E-state index contributed by atoms with van der Waals surface area (Å²) in [6.45, 7) is 6.98. The molecule has 0 unspecified atom stereocenters. The van der Waals surface area contributed by atoms with Crippen molar-refractivity contribution >= 4 is 16.9 Å². The summed E-state index contributed by atoms with van der Waals surface area (Å²) >= 11 is 0. The monoisotopic (exact) mass is 382 g/mol. The lowest BCUT2D eigenvalue weighted by molar-refractivity contribution is 0.182. The zero-order valence-corrected chi connectivity index (χ0v) is 16.5. The highest BCUT2D eigenvalue weighted by Crippen LogP contribution is 2.38. The van der Waals surface area contributed by atoms with Crippen LogP contribution in [-0.4, -0.2) is 39.8 Å². The van der Waals surface area contributed by atoms with Gasteiger partial charge in [0.1, 0.15) is 17.2 Å². The molecule has 4 heterocycles. The number of H-pyrrole nitrogens is 1. The molecule has 1 fully saturated rings. The van der Waals surface area contributed by atoms with E-state index in [0.29, 0.717) is 23.8 Å². The van der Waals surface area contributed by atoms with Crippen LogP contribution in [0.3, 0.4) is 0 Å². The Hall–Kier alpha value is -2.54. The number of hydrogen-bond acceptors (Lipinski definition) is 5. The zero-order chi connectivity index (χ0) is 19.7. The average molecular weight is 382 g/mol. The van der Waals surface area contributed by atoms with E-state index in [0.717, 1.165) is 43.6 Å². The van der Waals surface area contributed by atoms with Crippen LogP contribution in [0.15, 0.2) is 30.5 Å². The van der Waals surface area contributed by atoms with E-state index in [2.05, 4.69) is 38.9 Å². The van der Waals surface area contributed by atoms with Gasteiger partial charge in [0, 0.05) is 24.7 Å². The highest BCUT2D eigenvalue weighted by molar-refractivity contribution is 5.89. The van der Waals surface area contributed by atoms with Gasteiger partial charge in [-0.15, -0.1) is 0 Å². The van der Waals surface area contributed by atoms with Gasteiger partial charge < -0.3 is 10.6 Å². The first-order valence-corrected chi connectivity index (χ1v) is 9.92. The number of fused-ring (bicyclic) bond motifs is 1. The predicted molar refractivity (Wildman–Crippen MR) is 109 cm³/mol. The summed E-state index contributed by atoms with van der Waals surface area (Å²) in [6, 6.07) is 6.92. The molecule has 7 heteroatoms. The van der Waals surface area contributed by atoms with Crippen molar-refractivity contribution in [1.29, 1.82) is 0 Å². The standard InChI is InChI=1S/C21H27FN6/c1-14(2)12-21(13-23)7-10-28(11-8-21)17-6-5-16(22)19(25-17)18-15-4-3-9-24-20(15)27-26-18/h3-6,9,14H,7-8,10-13,23H2,1-2H3,(H,24,26,27). The summed E-state index contributed by atoms with van der Waals surface area (Å²) in [4.78, 5) is 11.1. The van der Waals surface area contributed by atoms with Crippen LogP contribution < -0.4 is 10.6 Å². The van der Waals surface area contributed by atoms with Crippen molar-refractivity contribution < 1.29 is 4.39 Å². The molecule has 0 spiro atoms. The first-order valence-electron chi connectivity index (χ1n) is 9.92. The van der Waals surface area contributed by atoms with Gasteiger partial charge in [-0.25, -0.2) is 14.4 Å². The van der Waals surface area contributed by atoms with Gasteiger partial charge in [0.15, 0.2) is 11.5 Å². The lowest BCUT2D eigenvalue weighted by atomic mass is 9.73. The maximum Gasteiger partial charge on any atom is 0.155 e. The largest absolute Gasteiger partial charge is 0.357 e. The van der Waals surface area contributed by atoms with Crippen molar-refractivity contribution in [2.24, 2.45) is 17.1 Å². The van der Waals surface area contributed by atoms with Crippen molar-refractivity contribution in [2.75, 3.05) is 24.5 Å². The summed E-state index contributed by atoms with van der Waals surface area (Å²) < 4.78 is 14.6. The number of aromatic amines is 1. The van der Waals surface area contributed by atoms with Gasteiger partial charge >= 0.3 is 0 Å². The van der Waals surface area contributed by atoms with E-state index in [1.165, 1.54) is 6.07 Å². The van der Waals surface area contributed by atoms with Gasteiger partial charge in [-0.3, -0.25) is 5.10 Å². The molecule has 148 valence electrons. The number of piperidine rings is 1. The van der Waals surface area contributed by atoms with Crippen LogP contribution in [-0.2, 0) is 0 Å². The Morgan fingerprint density at radius 3 is 2.71 bits per heavy atom. The van der Waals surface area contributed by atoms with E-state index in [1.54, 1.807) is 12.3 Å². The second-order valence-corrected chi connectivity index (χ2v) is 8.26. The third kappa shape index (κ3) is 3.46. The van der Waals surface area contributed by atoms with Gasteiger partial charge in [0.25, 0.3) is 0 Å². The van der Waals surface area contributed by atoms with Gasteiger partial charge in [0.2, 0.25) is 0 Å². The molecule has 3 N–H and O–H groups in total. The minimum atomic E-state index is -0.380. The van der Waals surface area contributed by atoms with E-state index in [1.807, 2.05) is 12.1 Å². The molecule has 28 heavy (non-hydrogen) atoms. The minimum absolute atomic E-state index is 0.206.